The van der Waals surface area contributed by atoms with E-state index < -0.39 is 5.97 Å². The van der Waals surface area contributed by atoms with Crippen LogP contribution in [0.15, 0.2) is 24.5 Å². The lowest BCUT2D eigenvalue weighted by Gasteiger charge is -1.96. The summed E-state index contributed by atoms with van der Waals surface area (Å²) in [4.78, 5) is 25.9. The Morgan fingerprint density at radius 1 is 1.53 bits per heavy atom. The van der Waals surface area contributed by atoms with Gasteiger partial charge in [-0.2, -0.15) is 0 Å². The van der Waals surface area contributed by atoms with Gasteiger partial charge in [-0.05, 0) is 12.1 Å². The van der Waals surface area contributed by atoms with E-state index >= 15 is 0 Å². The second-order valence-corrected chi connectivity index (χ2v) is 3.60. The highest BCUT2D eigenvalue weighted by atomic mass is 16.4. The van der Waals surface area contributed by atoms with Gasteiger partial charge in [-0.25, -0.2) is 9.78 Å². The maximum atomic E-state index is 11.0. The molecule has 17 heavy (non-hydrogen) atoms. The van der Waals surface area contributed by atoms with Crippen molar-refractivity contribution in [3.8, 4) is 0 Å². The third-order valence-electron chi connectivity index (χ3n) is 2.28. The Kier molecular flexibility index (Phi) is 2.78. The molecule has 0 saturated heterocycles. The smallest absolute Gasteiger partial charge is 0.339 e. The van der Waals surface area contributed by atoms with Gasteiger partial charge in [-0.3, -0.25) is 4.79 Å². The number of imidazole rings is 1. The van der Waals surface area contributed by atoms with Gasteiger partial charge in [-0.15, -0.1) is 0 Å². The van der Waals surface area contributed by atoms with Gasteiger partial charge in [0.1, 0.15) is 5.56 Å². The standard InChI is InChI=1S/C11H11N3O3/c1-7(15)12-5-8-6-14-4-2-3-9(11(16)17)10(14)13-8/h2-4,6H,5H2,1H3,(H,12,15)(H,16,17). The van der Waals surface area contributed by atoms with Crippen LogP contribution in [0.3, 0.4) is 0 Å². The SMILES string of the molecule is CC(=O)NCc1cn2cccc(C(=O)O)c2n1. The lowest BCUT2D eigenvalue weighted by molar-refractivity contribution is -0.119. The molecule has 6 heteroatoms. The third kappa shape index (κ3) is 2.25. The Hall–Kier alpha value is -2.37. The number of carboxylic acids is 1. The van der Waals surface area contributed by atoms with E-state index in [0.29, 0.717) is 11.3 Å². The largest absolute Gasteiger partial charge is 0.478 e. The number of carboxylic acid groups (broad SMARTS) is 1. The highest BCUT2D eigenvalue weighted by Crippen LogP contribution is 2.11. The molecule has 6 nitrogen and oxygen atoms in total. The number of carbonyl (C=O) groups is 2. The highest BCUT2D eigenvalue weighted by molar-refractivity contribution is 5.94. The van der Waals surface area contributed by atoms with E-state index in [0.717, 1.165) is 0 Å². The number of aromatic nitrogens is 2. The molecule has 2 aromatic rings. The fourth-order valence-corrected chi connectivity index (χ4v) is 1.53. The number of hydrogen-bond donors (Lipinski definition) is 2. The van der Waals surface area contributed by atoms with E-state index in [1.807, 2.05) is 0 Å². The zero-order chi connectivity index (χ0) is 12.4. The number of hydrogen-bond acceptors (Lipinski definition) is 3. The number of aromatic carboxylic acids is 1. The maximum absolute atomic E-state index is 11.0. The van der Waals surface area contributed by atoms with Gasteiger partial charge in [0.05, 0.1) is 12.2 Å². The molecule has 0 aromatic carbocycles. The second-order valence-electron chi connectivity index (χ2n) is 3.60. The summed E-state index contributed by atoms with van der Waals surface area (Å²) in [5.74, 6) is -1.17. The van der Waals surface area contributed by atoms with Crippen LogP contribution in [0.5, 0.6) is 0 Å². The number of rotatable bonds is 3. The van der Waals surface area contributed by atoms with Crippen LogP contribution in [0.4, 0.5) is 0 Å². The molecule has 0 aliphatic heterocycles. The van der Waals surface area contributed by atoms with Crippen molar-refractivity contribution in [3.05, 3.63) is 35.8 Å². The van der Waals surface area contributed by atoms with Gasteiger partial charge in [0.25, 0.3) is 0 Å². The van der Waals surface area contributed by atoms with E-state index in [-0.39, 0.29) is 18.0 Å². The molecule has 0 unspecified atom stereocenters. The van der Waals surface area contributed by atoms with Crippen molar-refractivity contribution in [3.63, 3.8) is 0 Å². The summed E-state index contributed by atoms with van der Waals surface area (Å²) in [5, 5.41) is 11.6. The van der Waals surface area contributed by atoms with Gasteiger partial charge in [0.2, 0.25) is 5.91 Å². The predicted molar refractivity (Wildman–Crippen MR) is 59.7 cm³/mol. The minimum absolute atomic E-state index is 0.140. The Labute approximate surface area is 96.9 Å². The van der Waals surface area contributed by atoms with Gasteiger partial charge in [-0.1, -0.05) is 0 Å². The van der Waals surface area contributed by atoms with E-state index in [2.05, 4.69) is 10.3 Å². The summed E-state index contributed by atoms with van der Waals surface area (Å²) in [7, 11) is 0. The number of pyridine rings is 1. The second kappa shape index (κ2) is 4.25. The number of amides is 1. The van der Waals surface area contributed by atoms with Gasteiger partial charge >= 0.3 is 5.97 Å². The van der Waals surface area contributed by atoms with Crippen LogP contribution in [0.1, 0.15) is 23.0 Å². The Bertz CT molecular complexity index is 589. The molecule has 0 bridgehead atoms. The van der Waals surface area contributed by atoms with Crippen molar-refractivity contribution in [2.24, 2.45) is 0 Å². The molecule has 0 aliphatic carbocycles. The van der Waals surface area contributed by atoms with Crippen LogP contribution in [0.2, 0.25) is 0 Å². The van der Waals surface area contributed by atoms with Crippen LogP contribution in [-0.4, -0.2) is 26.4 Å². The number of carbonyl (C=O) groups excluding carboxylic acids is 1. The first-order chi connectivity index (χ1) is 8.08. The third-order valence-corrected chi connectivity index (χ3v) is 2.28. The number of nitrogens with one attached hydrogen (secondary N) is 1. The molecule has 0 fully saturated rings. The first-order valence-corrected chi connectivity index (χ1v) is 5.02. The van der Waals surface area contributed by atoms with Gasteiger partial charge < -0.3 is 14.8 Å². The minimum atomic E-state index is -1.02. The Morgan fingerprint density at radius 2 is 2.29 bits per heavy atom. The van der Waals surface area contributed by atoms with E-state index in [1.165, 1.54) is 13.0 Å². The van der Waals surface area contributed by atoms with Crippen molar-refractivity contribution >= 4 is 17.5 Å². The van der Waals surface area contributed by atoms with Gasteiger partial charge in [0, 0.05) is 19.3 Å². The summed E-state index contributed by atoms with van der Waals surface area (Å²) < 4.78 is 1.63. The lowest BCUT2D eigenvalue weighted by atomic mass is 10.3. The van der Waals surface area contributed by atoms with Crippen LogP contribution in [0, 0.1) is 0 Å². The predicted octanol–water partition coefficient (Wildman–Crippen LogP) is 0.669. The fourth-order valence-electron chi connectivity index (χ4n) is 1.53. The maximum Gasteiger partial charge on any atom is 0.339 e. The van der Waals surface area contributed by atoms with Crippen LogP contribution < -0.4 is 5.32 Å². The van der Waals surface area contributed by atoms with Gasteiger partial charge in [0.15, 0.2) is 5.65 Å². The van der Waals surface area contributed by atoms with Crippen LogP contribution in [0.25, 0.3) is 5.65 Å². The van der Waals surface area contributed by atoms with Crippen molar-refractivity contribution in [2.75, 3.05) is 0 Å². The Balaban J connectivity index is 2.39. The molecule has 2 N–H and O–H groups in total. The summed E-state index contributed by atoms with van der Waals surface area (Å²) in [6.07, 6.45) is 3.41. The topological polar surface area (TPSA) is 83.7 Å². The summed E-state index contributed by atoms with van der Waals surface area (Å²) >= 11 is 0. The van der Waals surface area contributed by atoms with Crippen molar-refractivity contribution in [2.45, 2.75) is 13.5 Å². The molecule has 1 amide bonds. The molecule has 88 valence electrons. The normalized spacial score (nSPS) is 10.4. The molecule has 0 spiro atoms. The van der Waals surface area contributed by atoms with Crippen molar-refractivity contribution in [1.82, 2.24) is 14.7 Å². The Morgan fingerprint density at radius 3 is 2.94 bits per heavy atom. The molecule has 0 saturated carbocycles. The van der Waals surface area contributed by atoms with Crippen molar-refractivity contribution < 1.29 is 14.7 Å². The van der Waals surface area contributed by atoms with E-state index in [4.69, 9.17) is 5.11 Å². The first-order valence-electron chi connectivity index (χ1n) is 5.02. The molecule has 0 radical (unpaired) electrons. The quantitative estimate of drug-likeness (QED) is 0.816. The van der Waals surface area contributed by atoms with Crippen LogP contribution in [-0.2, 0) is 11.3 Å². The number of nitrogens with zero attached hydrogens (tertiary/aromatic N) is 2. The van der Waals surface area contributed by atoms with Crippen LogP contribution >= 0.6 is 0 Å². The summed E-state index contributed by atoms with van der Waals surface area (Å²) in [6, 6.07) is 3.13. The molecule has 2 rings (SSSR count). The highest BCUT2D eigenvalue weighted by Gasteiger charge is 2.11. The summed E-state index contributed by atoms with van der Waals surface area (Å²) in [6.45, 7) is 1.70. The zero-order valence-electron chi connectivity index (χ0n) is 9.17. The first kappa shape index (κ1) is 11.1. The molecular formula is C11H11N3O3. The average molecular weight is 233 g/mol. The monoisotopic (exact) mass is 233 g/mol. The van der Waals surface area contributed by atoms with E-state index in [9.17, 15) is 9.59 Å². The number of fused-ring (bicyclic) bond motifs is 1. The summed E-state index contributed by atoms with van der Waals surface area (Å²) in [5.41, 5.74) is 1.14. The average Bonchev–Trinajstić information content (AvgIpc) is 2.68. The molecule has 0 atom stereocenters. The van der Waals surface area contributed by atoms with E-state index in [1.54, 1.807) is 22.9 Å². The molecule has 2 heterocycles. The molecule has 2 aromatic heterocycles. The zero-order valence-corrected chi connectivity index (χ0v) is 9.17. The molecular weight excluding hydrogens is 222 g/mol. The minimum Gasteiger partial charge on any atom is -0.478 e. The lowest BCUT2D eigenvalue weighted by Crippen LogP contribution is -2.18. The van der Waals surface area contributed by atoms with Crippen molar-refractivity contribution in [1.29, 1.82) is 0 Å². The molecule has 0 aliphatic rings. The fraction of sp³-hybridized carbons (Fsp3) is 0.182.